The van der Waals surface area contributed by atoms with Crippen molar-refractivity contribution in [3.8, 4) is 0 Å². The Balaban J connectivity index is 2.16. The van der Waals surface area contributed by atoms with Crippen LogP contribution in [-0.4, -0.2) is 16.6 Å². The summed E-state index contributed by atoms with van der Waals surface area (Å²) in [7, 11) is 0. The van der Waals surface area contributed by atoms with Gasteiger partial charge in [0, 0.05) is 28.3 Å². The first kappa shape index (κ1) is 13.1. The Labute approximate surface area is 123 Å². The summed E-state index contributed by atoms with van der Waals surface area (Å²) in [4.78, 5) is 25.5. The number of hydrazone groups is 1. The second-order valence-corrected chi connectivity index (χ2v) is 5.74. The van der Waals surface area contributed by atoms with Crippen LogP contribution in [0.4, 0.5) is 0 Å². The second kappa shape index (κ2) is 4.86. The first-order valence-corrected chi connectivity index (χ1v) is 7.03. The summed E-state index contributed by atoms with van der Waals surface area (Å²) >= 11 is 3.47. The molecule has 0 radical (unpaired) electrons. The molecular formula is C14H12BrN3O2. The predicted octanol–water partition coefficient (Wildman–Crippen LogP) is 2.15. The molecular weight excluding hydrogens is 322 g/mol. The van der Waals surface area contributed by atoms with Crippen LogP contribution >= 0.6 is 15.9 Å². The highest BCUT2D eigenvalue weighted by Crippen LogP contribution is 2.26. The van der Waals surface area contributed by atoms with E-state index in [9.17, 15) is 9.59 Å². The molecule has 102 valence electrons. The van der Waals surface area contributed by atoms with Crippen molar-refractivity contribution >= 4 is 38.5 Å². The Kier molecular flexibility index (Phi) is 3.17. The first-order chi connectivity index (χ1) is 9.54. The molecule has 0 spiro atoms. The van der Waals surface area contributed by atoms with Crippen LogP contribution in [0, 0.1) is 5.92 Å². The summed E-state index contributed by atoms with van der Waals surface area (Å²) in [5.74, 6) is 0.00120. The van der Waals surface area contributed by atoms with Gasteiger partial charge in [0.25, 0.3) is 0 Å². The maximum absolute atomic E-state index is 11.4. The average Bonchev–Trinajstić information content (AvgIpc) is 2.39. The predicted molar refractivity (Wildman–Crippen MR) is 80.7 cm³/mol. The number of carbonyl (C=O) groups excluding carboxylic acids is 1. The molecule has 1 aliphatic rings. The molecule has 0 bridgehead atoms. The zero-order chi connectivity index (χ0) is 14.3. The van der Waals surface area contributed by atoms with Crippen molar-refractivity contribution < 1.29 is 4.79 Å². The van der Waals surface area contributed by atoms with Crippen LogP contribution in [0.25, 0.3) is 10.9 Å². The van der Waals surface area contributed by atoms with Gasteiger partial charge >= 0.3 is 0 Å². The van der Waals surface area contributed by atoms with Crippen LogP contribution in [0.3, 0.4) is 0 Å². The Morgan fingerprint density at radius 1 is 1.30 bits per heavy atom. The molecule has 1 aromatic heterocycles. The third-order valence-electron chi connectivity index (χ3n) is 3.34. The standard InChI is InChI=1S/C14H12BrN3O2/c1-7-4-12(20)17-18-13(7)9-5-8-2-3-11(19)16-14(8)10(15)6-9/h2-3,5-7H,4H2,1H3,(H,16,19)(H,17,20). The smallest absolute Gasteiger partial charge is 0.248 e. The van der Waals surface area contributed by atoms with Crippen LogP contribution in [0.15, 0.2) is 38.6 Å². The minimum atomic E-state index is -0.137. The fourth-order valence-corrected chi connectivity index (χ4v) is 2.95. The number of halogens is 1. The molecule has 0 saturated heterocycles. The van der Waals surface area contributed by atoms with Crippen molar-refractivity contribution in [2.75, 3.05) is 0 Å². The van der Waals surface area contributed by atoms with Crippen LogP contribution in [0.5, 0.6) is 0 Å². The average molecular weight is 334 g/mol. The van der Waals surface area contributed by atoms with E-state index < -0.39 is 0 Å². The van der Waals surface area contributed by atoms with Crippen LogP contribution in [0.2, 0.25) is 0 Å². The van der Waals surface area contributed by atoms with Gasteiger partial charge in [-0.2, -0.15) is 5.10 Å². The van der Waals surface area contributed by atoms with Crippen molar-refractivity contribution in [2.45, 2.75) is 13.3 Å². The molecule has 1 aromatic carbocycles. The van der Waals surface area contributed by atoms with E-state index in [1.165, 1.54) is 6.07 Å². The Bertz CT molecular complexity index is 795. The van der Waals surface area contributed by atoms with E-state index in [4.69, 9.17) is 0 Å². The maximum Gasteiger partial charge on any atom is 0.248 e. The number of nitrogens with one attached hydrogen (secondary N) is 2. The van der Waals surface area contributed by atoms with Crippen molar-refractivity contribution in [1.29, 1.82) is 0 Å². The van der Waals surface area contributed by atoms with E-state index in [1.54, 1.807) is 6.07 Å². The van der Waals surface area contributed by atoms with Crippen molar-refractivity contribution in [2.24, 2.45) is 11.0 Å². The first-order valence-electron chi connectivity index (χ1n) is 6.24. The third-order valence-corrected chi connectivity index (χ3v) is 3.96. The van der Waals surface area contributed by atoms with E-state index in [2.05, 4.69) is 31.4 Å². The number of aromatic amines is 1. The van der Waals surface area contributed by atoms with E-state index >= 15 is 0 Å². The third kappa shape index (κ3) is 2.27. The lowest BCUT2D eigenvalue weighted by atomic mass is 9.93. The maximum atomic E-state index is 11.4. The van der Waals surface area contributed by atoms with Crippen molar-refractivity contribution in [3.05, 3.63) is 44.7 Å². The van der Waals surface area contributed by atoms with Gasteiger partial charge in [0.2, 0.25) is 11.5 Å². The SMILES string of the molecule is CC1CC(=O)NN=C1c1cc(Br)c2[nH]c(=O)ccc2c1. The monoisotopic (exact) mass is 333 g/mol. The Morgan fingerprint density at radius 3 is 2.85 bits per heavy atom. The van der Waals surface area contributed by atoms with Crippen LogP contribution in [0.1, 0.15) is 18.9 Å². The number of carbonyl (C=O) groups is 1. The lowest BCUT2D eigenvalue weighted by Crippen LogP contribution is -2.31. The highest BCUT2D eigenvalue weighted by atomic mass is 79.9. The summed E-state index contributed by atoms with van der Waals surface area (Å²) < 4.78 is 0.800. The molecule has 0 aliphatic carbocycles. The summed E-state index contributed by atoms with van der Waals surface area (Å²) in [6, 6.07) is 7.13. The van der Waals surface area contributed by atoms with Gasteiger partial charge in [-0.1, -0.05) is 6.92 Å². The zero-order valence-corrected chi connectivity index (χ0v) is 12.3. The summed E-state index contributed by atoms with van der Waals surface area (Å²) in [6.07, 6.45) is 0.431. The van der Waals surface area contributed by atoms with Gasteiger partial charge in [-0.15, -0.1) is 0 Å². The van der Waals surface area contributed by atoms with Gasteiger partial charge in [0.15, 0.2) is 0 Å². The number of H-pyrrole nitrogens is 1. The van der Waals surface area contributed by atoms with E-state index in [0.717, 1.165) is 26.7 Å². The number of hydrogen-bond acceptors (Lipinski definition) is 3. The Hall–Kier alpha value is -1.95. The molecule has 2 N–H and O–H groups in total. The molecule has 5 nitrogen and oxygen atoms in total. The summed E-state index contributed by atoms with van der Waals surface area (Å²) in [6.45, 7) is 1.97. The number of hydrogen-bond donors (Lipinski definition) is 2. The largest absolute Gasteiger partial charge is 0.321 e. The minimum absolute atomic E-state index is 0.0644. The number of pyridine rings is 1. The molecule has 1 aliphatic heterocycles. The van der Waals surface area contributed by atoms with Gasteiger partial charge in [-0.25, -0.2) is 5.43 Å². The summed E-state index contributed by atoms with van der Waals surface area (Å²) in [5.41, 5.74) is 4.91. The molecule has 20 heavy (non-hydrogen) atoms. The minimum Gasteiger partial charge on any atom is -0.321 e. The number of amides is 1. The number of rotatable bonds is 1. The highest BCUT2D eigenvalue weighted by Gasteiger charge is 2.22. The highest BCUT2D eigenvalue weighted by molar-refractivity contribution is 9.10. The molecule has 0 saturated carbocycles. The molecule has 2 aromatic rings. The van der Waals surface area contributed by atoms with Gasteiger partial charge in [0.05, 0.1) is 11.2 Å². The van der Waals surface area contributed by atoms with Crippen molar-refractivity contribution in [3.63, 3.8) is 0 Å². The number of fused-ring (bicyclic) bond motifs is 1. The van der Waals surface area contributed by atoms with Crippen LogP contribution in [-0.2, 0) is 4.79 Å². The molecule has 1 atom stereocenters. The van der Waals surface area contributed by atoms with E-state index in [-0.39, 0.29) is 17.4 Å². The Morgan fingerprint density at radius 2 is 2.10 bits per heavy atom. The molecule has 1 unspecified atom stereocenters. The molecule has 0 fully saturated rings. The van der Waals surface area contributed by atoms with Gasteiger partial charge < -0.3 is 4.98 Å². The molecule has 6 heteroatoms. The molecule has 2 heterocycles. The quantitative estimate of drug-likeness (QED) is 0.839. The molecule has 1 amide bonds. The fraction of sp³-hybridized carbons (Fsp3) is 0.214. The van der Waals surface area contributed by atoms with Gasteiger partial charge in [-0.05, 0) is 39.7 Å². The number of nitrogens with zero attached hydrogens (tertiary/aromatic N) is 1. The van der Waals surface area contributed by atoms with Gasteiger partial charge in [0.1, 0.15) is 0 Å². The number of aromatic nitrogens is 1. The van der Waals surface area contributed by atoms with Gasteiger partial charge in [-0.3, -0.25) is 9.59 Å². The lowest BCUT2D eigenvalue weighted by molar-refractivity contribution is -0.121. The summed E-state index contributed by atoms with van der Waals surface area (Å²) in [5, 5.41) is 5.07. The van der Waals surface area contributed by atoms with E-state index in [0.29, 0.717) is 6.42 Å². The zero-order valence-electron chi connectivity index (χ0n) is 10.7. The lowest BCUT2D eigenvalue weighted by Gasteiger charge is -2.19. The molecule has 3 rings (SSSR count). The second-order valence-electron chi connectivity index (χ2n) is 4.88. The number of benzene rings is 1. The van der Waals surface area contributed by atoms with E-state index in [1.807, 2.05) is 19.1 Å². The van der Waals surface area contributed by atoms with Crippen molar-refractivity contribution in [1.82, 2.24) is 10.4 Å². The topological polar surface area (TPSA) is 74.3 Å². The van der Waals surface area contributed by atoms with Crippen LogP contribution < -0.4 is 11.0 Å². The normalized spacial score (nSPS) is 18.8. The fourth-order valence-electron chi connectivity index (χ4n) is 2.37.